The summed E-state index contributed by atoms with van der Waals surface area (Å²) in [5, 5.41) is 3.63. The molecule has 3 aromatic rings. The lowest BCUT2D eigenvalue weighted by atomic mass is 10.2. The van der Waals surface area contributed by atoms with Gasteiger partial charge < -0.3 is 19.5 Å². The minimum absolute atomic E-state index is 0.151. The van der Waals surface area contributed by atoms with Crippen molar-refractivity contribution in [3.63, 3.8) is 0 Å². The molecule has 2 heterocycles. The highest BCUT2D eigenvalue weighted by molar-refractivity contribution is 5.97. The number of esters is 1. The number of amides is 1. The average molecular weight is 378 g/mol. The number of nitrogens with one attached hydrogen (secondary N) is 1. The summed E-state index contributed by atoms with van der Waals surface area (Å²) in [5.74, 6) is 0.0848. The van der Waals surface area contributed by atoms with Gasteiger partial charge in [0.15, 0.2) is 17.6 Å². The first-order chi connectivity index (χ1) is 13.6. The summed E-state index contributed by atoms with van der Waals surface area (Å²) >= 11 is 0. The SMILES string of the molecule is C[C@@H](OC(=O)c1ccc2ccccc2n1)C(=O)Nc1ccc2c(c1)OCCO2. The van der Waals surface area contributed by atoms with Gasteiger partial charge in [-0.25, -0.2) is 9.78 Å². The number of carbonyl (C=O) groups excluding carboxylic acids is 2. The highest BCUT2D eigenvalue weighted by Crippen LogP contribution is 2.32. The number of benzene rings is 2. The van der Waals surface area contributed by atoms with Gasteiger partial charge in [-0.2, -0.15) is 0 Å². The van der Waals surface area contributed by atoms with E-state index in [-0.39, 0.29) is 5.69 Å². The largest absolute Gasteiger partial charge is 0.486 e. The smallest absolute Gasteiger partial charge is 0.357 e. The maximum atomic E-state index is 12.4. The highest BCUT2D eigenvalue weighted by Gasteiger charge is 2.21. The molecule has 4 rings (SSSR count). The van der Waals surface area contributed by atoms with Crippen LogP contribution in [0.1, 0.15) is 17.4 Å². The fourth-order valence-electron chi connectivity index (χ4n) is 2.82. The Balaban J connectivity index is 1.41. The van der Waals surface area contributed by atoms with Crippen molar-refractivity contribution in [3.8, 4) is 11.5 Å². The molecule has 1 aliphatic heterocycles. The van der Waals surface area contributed by atoms with E-state index >= 15 is 0 Å². The average Bonchev–Trinajstić information content (AvgIpc) is 2.73. The summed E-state index contributed by atoms with van der Waals surface area (Å²) in [6.07, 6.45) is -0.992. The van der Waals surface area contributed by atoms with Crippen molar-refractivity contribution in [2.24, 2.45) is 0 Å². The third-order valence-electron chi connectivity index (χ3n) is 4.27. The van der Waals surface area contributed by atoms with Crippen LogP contribution in [0.2, 0.25) is 0 Å². The van der Waals surface area contributed by atoms with Gasteiger partial charge in [0, 0.05) is 17.1 Å². The van der Waals surface area contributed by atoms with Gasteiger partial charge in [-0.1, -0.05) is 24.3 Å². The van der Waals surface area contributed by atoms with Crippen LogP contribution < -0.4 is 14.8 Å². The molecule has 28 heavy (non-hydrogen) atoms. The topological polar surface area (TPSA) is 86.8 Å². The lowest BCUT2D eigenvalue weighted by molar-refractivity contribution is -0.123. The molecule has 142 valence electrons. The summed E-state index contributed by atoms with van der Waals surface area (Å²) in [6.45, 7) is 2.46. The monoisotopic (exact) mass is 378 g/mol. The summed E-state index contributed by atoms with van der Waals surface area (Å²) in [7, 11) is 0. The normalized spacial score (nSPS) is 13.6. The number of hydrogen-bond donors (Lipinski definition) is 1. The van der Waals surface area contributed by atoms with Gasteiger partial charge in [-0.05, 0) is 31.2 Å². The molecule has 0 radical (unpaired) electrons. The molecule has 7 heteroatoms. The third kappa shape index (κ3) is 3.73. The number of fused-ring (bicyclic) bond motifs is 2. The molecule has 1 aliphatic rings. The van der Waals surface area contributed by atoms with Crippen molar-refractivity contribution in [2.45, 2.75) is 13.0 Å². The van der Waals surface area contributed by atoms with Crippen molar-refractivity contribution < 1.29 is 23.8 Å². The zero-order valence-corrected chi connectivity index (χ0v) is 15.2. The minimum Gasteiger partial charge on any atom is -0.486 e. The molecule has 7 nitrogen and oxygen atoms in total. The van der Waals surface area contributed by atoms with E-state index in [0.29, 0.717) is 35.9 Å². The maximum absolute atomic E-state index is 12.4. The molecule has 0 unspecified atom stereocenters. The van der Waals surface area contributed by atoms with Crippen LogP contribution >= 0.6 is 0 Å². The second kappa shape index (κ2) is 7.56. The van der Waals surface area contributed by atoms with Crippen LogP contribution in [0.25, 0.3) is 10.9 Å². The van der Waals surface area contributed by atoms with Crippen molar-refractivity contribution in [3.05, 3.63) is 60.3 Å². The van der Waals surface area contributed by atoms with Gasteiger partial charge in [-0.3, -0.25) is 4.79 Å². The minimum atomic E-state index is -0.992. The number of hydrogen-bond acceptors (Lipinski definition) is 6. The summed E-state index contributed by atoms with van der Waals surface area (Å²) in [6, 6.07) is 15.9. The predicted molar refractivity (Wildman–Crippen MR) is 103 cm³/mol. The van der Waals surface area contributed by atoms with E-state index in [1.165, 1.54) is 6.92 Å². The van der Waals surface area contributed by atoms with Crippen LogP contribution in [0.15, 0.2) is 54.6 Å². The molecule has 0 spiro atoms. The Labute approximate surface area is 161 Å². The molecule has 1 atom stereocenters. The standard InChI is InChI=1S/C21H18N2O5/c1-13(20(24)22-15-7-9-18-19(12-15)27-11-10-26-18)28-21(25)17-8-6-14-4-2-3-5-16(14)23-17/h2-9,12-13H,10-11H2,1H3,(H,22,24)/t13-/m1/s1. The lowest BCUT2D eigenvalue weighted by Gasteiger charge is -2.19. The zero-order chi connectivity index (χ0) is 19.5. The summed E-state index contributed by atoms with van der Waals surface area (Å²) < 4.78 is 16.2. The highest BCUT2D eigenvalue weighted by atomic mass is 16.6. The van der Waals surface area contributed by atoms with Crippen molar-refractivity contribution in [1.82, 2.24) is 4.98 Å². The number of carbonyl (C=O) groups is 2. The number of para-hydroxylation sites is 1. The molecule has 1 aromatic heterocycles. The number of pyridine rings is 1. The number of anilines is 1. The molecular formula is C21H18N2O5. The van der Waals surface area contributed by atoms with Gasteiger partial charge in [0.05, 0.1) is 5.52 Å². The van der Waals surface area contributed by atoms with Crippen LogP contribution in [-0.4, -0.2) is 36.2 Å². The van der Waals surface area contributed by atoms with Crippen molar-refractivity contribution in [1.29, 1.82) is 0 Å². The van der Waals surface area contributed by atoms with E-state index in [2.05, 4.69) is 10.3 Å². The molecule has 1 amide bonds. The first kappa shape index (κ1) is 17.8. The van der Waals surface area contributed by atoms with E-state index in [4.69, 9.17) is 14.2 Å². The number of rotatable bonds is 4. The Morgan fingerprint density at radius 2 is 1.82 bits per heavy atom. The van der Waals surface area contributed by atoms with Gasteiger partial charge in [-0.15, -0.1) is 0 Å². The van der Waals surface area contributed by atoms with E-state index in [1.54, 1.807) is 30.3 Å². The van der Waals surface area contributed by atoms with Crippen molar-refractivity contribution >= 4 is 28.5 Å². The molecular weight excluding hydrogens is 360 g/mol. The zero-order valence-electron chi connectivity index (χ0n) is 15.2. The van der Waals surface area contributed by atoms with Crippen LogP contribution in [-0.2, 0) is 9.53 Å². The second-order valence-corrected chi connectivity index (χ2v) is 6.28. The van der Waals surface area contributed by atoms with Crippen LogP contribution in [0.4, 0.5) is 5.69 Å². The molecule has 0 fully saturated rings. The lowest BCUT2D eigenvalue weighted by Crippen LogP contribution is -2.30. The van der Waals surface area contributed by atoms with Crippen molar-refractivity contribution in [2.75, 3.05) is 18.5 Å². The molecule has 0 saturated heterocycles. The van der Waals surface area contributed by atoms with Gasteiger partial charge in [0.25, 0.3) is 5.91 Å². The maximum Gasteiger partial charge on any atom is 0.357 e. The summed E-state index contributed by atoms with van der Waals surface area (Å²) in [5.41, 5.74) is 1.36. The second-order valence-electron chi connectivity index (χ2n) is 6.28. The number of ether oxygens (including phenoxy) is 3. The van der Waals surface area contributed by atoms with E-state index in [1.807, 2.05) is 24.3 Å². The number of aromatic nitrogens is 1. The van der Waals surface area contributed by atoms with E-state index in [0.717, 1.165) is 5.39 Å². The fraction of sp³-hybridized carbons (Fsp3) is 0.190. The first-order valence-corrected chi connectivity index (χ1v) is 8.87. The van der Waals surface area contributed by atoms with Gasteiger partial charge >= 0.3 is 5.97 Å². The fourth-order valence-corrected chi connectivity index (χ4v) is 2.82. The molecule has 1 N–H and O–H groups in total. The Hall–Kier alpha value is -3.61. The first-order valence-electron chi connectivity index (χ1n) is 8.87. The Morgan fingerprint density at radius 3 is 2.68 bits per heavy atom. The molecule has 2 aromatic carbocycles. The quantitative estimate of drug-likeness (QED) is 0.702. The van der Waals surface area contributed by atoms with E-state index < -0.39 is 18.0 Å². The Morgan fingerprint density at radius 1 is 1.04 bits per heavy atom. The predicted octanol–water partition coefficient (Wildman–Crippen LogP) is 3.19. The van der Waals surface area contributed by atoms with Crippen LogP contribution in [0.5, 0.6) is 11.5 Å². The molecule has 0 bridgehead atoms. The number of nitrogens with zero attached hydrogens (tertiary/aromatic N) is 1. The van der Waals surface area contributed by atoms with Gasteiger partial charge in [0.1, 0.15) is 18.9 Å². The molecule has 0 aliphatic carbocycles. The Kier molecular flexibility index (Phi) is 4.80. The van der Waals surface area contributed by atoms with E-state index in [9.17, 15) is 9.59 Å². The molecule has 0 saturated carbocycles. The Bertz CT molecular complexity index is 1050. The third-order valence-corrected chi connectivity index (χ3v) is 4.27. The van der Waals surface area contributed by atoms with Gasteiger partial charge in [0.2, 0.25) is 0 Å². The van der Waals surface area contributed by atoms with Crippen LogP contribution in [0, 0.1) is 0 Å². The summed E-state index contributed by atoms with van der Waals surface area (Å²) in [4.78, 5) is 29.0. The van der Waals surface area contributed by atoms with Crippen LogP contribution in [0.3, 0.4) is 0 Å².